The topological polar surface area (TPSA) is 98.8 Å². The minimum absolute atomic E-state index is 0.0377. The number of amides is 2. The van der Waals surface area contributed by atoms with Gasteiger partial charge in [-0.3, -0.25) is 4.90 Å². The highest BCUT2D eigenvalue weighted by molar-refractivity contribution is 6.31. The van der Waals surface area contributed by atoms with Crippen molar-refractivity contribution in [3.63, 3.8) is 0 Å². The summed E-state index contributed by atoms with van der Waals surface area (Å²) in [6, 6.07) is 2.33. The maximum atomic E-state index is 14.4. The number of benzene rings is 1. The third kappa shape index (κ3) is 4.57. The normalized spacial score (nSPS) is 17.0. The number of halogens is 2. The van der Waals surface area contributed by atoms with Crippen LogP contribution in [-0.2, 0) is 14.3 Å². The van der Waals surface area contributed by atoms with Crippen LogP contribution >= 0.6 is 11.6 Å². The second-order valence-corrected chi connectivity index (χ2v) is 6.27. The molecule has 2 amide bonds. The summed E-state index contributed by atoms with van der Waals surface area (Å²) in [7, 11) is 0. The lowest BCUT2D eigenvalue weighted by Gasteiger charge is -2.35. The van der Waals surface area contributed by atoms with Gasteiger partial charge >= 0.3 is 12.0 Å². The molecule has 1 aromatic rings. The van der Waals surface area contributed by atoms with E-state index in [1.54, 1.807) is 6.92 Å². The van der Waals surface area contributed by atoms with Crippen LogP contribution in [0.5, 0.6) is 0 Å². The van der Waals surface area contributed by atoms with Gasteiger partial charge in [-0.25, -0.2) is 14.0 Å². The first-order valence-corrected chi connectivity index (χ1v) is 8.75. The molecule has 9 heteroatoms. The molecule has 1 aliphatic rings. The quantitative estimate of drug-likeness (QED) is 0.708. The predicted octanol–water partition coefficient (Wildman–Crippen LogP) is 1.91. The Labute approximate surface area is 160 Å². The molecule has 146 valence electrons. The fourth-order valence-corrected chi connectivity index (χ4v) is 3.18. The van der Waals surface area contributed by atoms with E-state index in [0.29, 0.717) is 0 Å². The molecule has 0 aromatic heterocycles. The lowest BCUT2D eigenvalue weighted by molar-refractivity contribution is -0.305. The molecule has 1 N–H and O–H groups in total. The van der Waals surface area contributed by atoms with E-state index in [9.17, 15) is 23.9 Å². The van der Waals surface area contributed by atoms with E-state index in [1.165, 1.54) is 30.0 Å². The van der Waals surface area contributed by atoms with Crippen molar-refractivity contribution in [1.29, 1.82) is 0 Å². The summed E-state index contributed by atoms with van der Waals surface area (Å²) in [5.41, 5.74) is 0.251. The average Bonchev–Trinajstić information content (AvgIpc) is 2.57. The summed E-state index contributed by atoms with van der Waals surface area (Å²) in [5, 5.41) is 13.2. The lowest BCUT2D eigenvalue weighted by atomic mass is 9.94. The summed E-state index contributed by atoms with van der Waals surface area (Å²) in [4.78, 5) is 36.9. The van der Waals surface area contributed by atoms with E-state index in [1.807, 2.05) is 0 Å². The highest BCUT2D eigenvalue weighted by atomic mass is 35.5. The highest BCUT2D eigenvalue weighted by Gasteiger charge is 2.38. The number of hydrogen-bond acceptors (Lipinski definition) is 5. The van der Waals surface area contributed by atoms with Gasteiger partial charge in [-0.15, -0.1) is 0 Å². The third-order valence-electron chi connectivity index (χ3n) is 4.14. The number of urea groups is 1. The molecular formula is C18H19ClFN2O5-. The molecule has 0 fully saturated rings. The molecule has 0 saturated heterocycles. The molecule has 27 heavy (non-hydrogen) atoms. The van der Waals surface area contributed by atoms with Crippen LogP contribution in [0.4, 0.5) is 9.18 Å². The van der Waals surface area contributed by atoms with Gasteiger partial charge in [-0.1, -0.05) is 17.7 Å². The molecule has 2 rings (SSSR count). The number of esters is 1. The molecule has 0 aliphatic carbocycles. The van der Waals surface area contributed by atoms with Crippen molar-refractivity contribution >= 4 is 29.6 Å². The molecule has 0 unspecified atom stereocenters. The SMILES string of the molecule is CCOC(=O)C1=C(C)N(CCCC(=O)[O-])C(=O)N[C@@H]1c1c(F)cccc1Cl. The van der Waals surface area contributed by atoms with Gasteiger partial charge in [-0.05, 0) is 38.8 Å². The molecule has 1 heterocycles. The minimum atomic E-state index is -1.24. The Bertz CT molecular complexity index is 776. The summed E-state index contributed by atoms with van der Waals surface area (Å²) in [6.45, 7) is 3.28. The van der Waals surface area contributed by atoms with Crippen molar-refractivity contribution in [2.24, 2.45) is 0 Å². The molecule has 1 aromatic carbocycles. The number of rotatable bonds is 7. The number of carbonyl (C=O) groups is 3. The maximum absolute atomic E-state index is 14.4. The van der Waals surface area contributed by atoms with Crippen LogP contribution in [0, 0.1) is 5.82 Å². The summed E-state index contributed by atoms with van der Waals surface area (Å²) in [6.07, 6.45) is -0.108. The van der Waals surface area contributed by atoms with Crippen molar-refractivity contribution in [3.05, 3.63) is 45.9 Å². The van der Waals surface area contributed by atoms with Gasteiger partial charge in [-0.2, -0.15) is 0 Å². The summed E-state index contributed by atoms with van der Waals surface area (Å²) < 4.78 is 19.5. The number of aliphatic carboxylic acids is 1. The van der Waals surface area contributed by atoms with Crippen LogP contribution in [0.25, 0.3) is 0 Å². The second kappa shape index (κ2) is 8.85. The summed E-state index contributed by atoms with van der Waals surface area (Å²) >= 11 is 6.11. The smallest absolute Gasteiger partial charge is 0.338 e. The van der Waals surface area contributed by atoms with Crippen LogP contribution in [-0.4, -0.2) is 36.0 Å². The lowest BCUT2D eigenvalue weighted by Crippen LogP contribution is -2.48. The fraction of sp³-hybridized carbons (Fsp3) is 0.389. The number of allylic oxidation sites excluding steroid dienone is 1. The Morgan fingerprint density at radius 1 is 1.41 bits per heavy atom. The average molecular weight is 398 g/mol. The van der Waals surface area contributed by atoms with Crippen molar-refractivity contribution in [2.45, 2.75) is 32.7 Å². The number of nitrogens with zero attached hydrogens (tertiary/aromatic N) is 1. The predicted molar refractivity (Wildman–Crippen MR) is 93.0 cm³/mol. The largest absolute Gasteiger partial charge is 0.550 e. The van der Waals surface area contributed by atoms with Crippen LogP contribution in [0.15, 0.2) is 29.5 Å². The van der Waals surface area contributed by atoms with E-state index < -0.39 is 29.8 Å². The van der Waals surface area contributed by atoms with Gasteiger partial charge in [0.1, 0.15) is 5.82 Å². The van der Waals surface area contributed by atoms with Gasteiger partial charge in [0.25, 0.3) is 0 Å². The van der Waals surface area contributed by atoms with Crippen LogP contribution in [0.2, 0.25) is 5.02 Å². The molecular weight excluding hydrogens is 379 g/mol. The number of carboxylic acid groups (broad SMARTS) is 1. The molecule has 7 nitrogen and oxygen atoms in total. The highest BCUT2D eigenvalue weighted by Crippen LogP contribution is 2.36. The maximum Gasteiger partial charge on any atom is 0.338 e. The minimum Gasteiger partial charge on any atom is -0.550 e. The summed E-state index contributed by atoms with van der Waals surface area (Å²) in [5.74, 6) is -2.63. The van der Waals surface area contributed by atoms with Crippen LogP contribution in [0.3, 0.4) is 0 Å². The van der Waals surface area contributed by atoms with Crippen molar-refractivity contribution in [1.82, 2.24) is 10.2 Å². The number of ether oxygens (including phenoxy) is 1. The Balaban J connectivity index is 2.48. The van der Waals surface area contributed by atoms with Gasteiger partial charge in [0.05, 0.1) is 18.2 Å². The standard InChI is InChI=1S/C18H20ClFN2O5/c1-3-27-17(25)14-10(2)22(9-5-8-13(23)24)18(26)21-16(14)15-11(19)6-4-7-12(15)20/h4,6-7,16H,3,5,8-9H2,1-2H3,(H,21,26)(H,23,24)/p-1/t16-/m0/s1. The van der Waals surface area contributed by atoms with Crippen molar-refractivity contribution in [2.75, 3.05) is 13.2 Å². The number of carbonyl (C=O) groups excluding carboxylic acids is 3. The van der Waals surface area contributed by atoms with E-state index in [0.717, 1.165) is 0 Å². The fourth-order valence-electron chi connectivity index (χ4n) is 2.91. The number of hydrogen-bond donors (Lipinski definition) is 1. The van der Waals surface area contributed by atoms with Crippen LogP contribution in [0.1, 0.15) is 38.3 Å². The monoisotopic (exact) mass is 397 g/mol. The molecule has 0 saturated carbocycles. The zero-order chi connectivity index (χ0) is 20.1. The Morgan fingerprint density at radius 3 is 2.70 bits per heavy atom. The molecule has 0 bridgehead atoms. The van der Waals surface area contributed by atoms with E-state index >= 15 is 0 Å². The van der Waals surface area contributed by atoms with Crippen molar-refractivity contribution in [3.8, 4) is 0 Å². The molecule has 0 radical (unpaired) electrons. The number of carboxylic acids is 1. The van der Waals surface area contributed by atoms with Gasteiger partial charge in [0, 0.05) is 28.8 Å². The van der Waals surface area contributed by atoms with Gasteiger partial charge in [0.15, 0.2) is 0 Å². The zero-order valence-corrected chi connectivity index (χ0v) is 15.6. The van der Waals surface area contributed by atoms with Crippen molar-refractivity contribution < 1.29 is 28.6 Å². The van der Waals surface area contributed by atoms with Crippen LogP contribution < -0.4 is 10.4 Å². The van der Waals surface area contributed by atoms with E-state index in [4.69, 9.17) is 16.3 Å². The zero-order valence-electron chi connectivity index (χ0n) is 14.9. The Morgan fingerprint density at radius 2 is 2.11 bits per heavy atom. The van der Waals surface area contributed by atoms with E-state index in [-0.39, 0.29) is 47.8 Å². The second-order valence-electron chi connectivity index (χ2n) is 5.86. The van der Waals surface area contributed by atoms with Gasteiger partial charge in [0.2, 0.25) is 0 Å². The third-order valence-corrected chi connectivity index (χ3v) is 4.47. The molecule has 0 spiro atoms. The Hall–Kier alpha value is -2.61. The van der Waals surface area contributed by atoms with E-state index in [2.05, 4.69) is 5.32 Å². The molecule has 1 atom stereocenters. The first kappa shape index (κ1) is 20.7. The van der Waals surface area contributed by atoms with Gasteiger partial charge < -0.3 is 20.0 Å². The first-order chi connectivity index (χ1) is 12.8. The number of nitrogens with one attached hydrogen (secondary N) is 1. The Kier molecular flexibility index (Phi) is 6.79. The molecule has 1 aliphatic heterocycles. The first-order valence-electron chi connectivity index (χ1n) is 8.37.